The fourth-order valence-electron chi connectivity index (χ4n) is 3.67. The van der Waals surface area contributed by atoms with Gasteiger partial charge in [-0.2, -0.15) is 4.80 Å². The number of fused-ring (bicyclic) bond motifs is 1. The summed E-state index contributed by atoms with van der Waals surface area (Å²) in [7, 11) is -1.34. The molecular weight excluding hydrogens is 421 g/mol. The Hall–Kier alpha value is -3.36. The first kappa shape index (κ1) is 21.9. The summed E-state index contributed by atoms with van der Waals surface area (Å²) < 4.78 is 5.38. The van der Waals surface area contributed by atoms with Crippen LogP contribution in [0.5, 0.6) is 5.75 Å². The van der Waals surface area contributed by atoms with E-state index in [1.54, 1.807) is 12.1 Å². The first-order valence-corrected chi connectivity index (χ1v) is 10.1. The van der Waals surface area contributed by atoms with Crippen molar-refractivity contribution in [2.45, 2.75) is 31.4 Å². The van der Waals surface area contributed by atoms with Crippen LogP contribution in [0.3, 0.4) is 0 Å². The van der Waals surface area contributed by atoms with E-state index in [4.69, 9.17) is 4.65 Å². The third kappa shape index (κ3) is 4.93. The number of rotatable bonds is 8. The van der Waals surface area contributed by atoms with Gasteiger partial charge in [0.1, 0.15) is 12.3 Å². The molecule has 3 heterocycles. The van der Waals surface area contributed by atoms with Gasteiger partial charge < -0.3 is 30.7 Å². The van der Waals surface area contributed by atoms with Gasteiger partial charge in [0, 0.05) is 12.6 Å². The minimum Gasteiger partial charge on any atom is -0.534 e. The molecule has 0 saturated carbocycles. The van der Waals surface area contributed by atoms with E-state index in [1.807, 2.05) is 0 Å². The fraction of sp³-hybridized carbons (Fsp3) is 0.444. The first-order chi connectivity index (χ1) is 15.4. The molecular formula is C18H22BN7O6. The molecule has 0 aliphatic carbocycles. The van der Waals surface area contributed by atoms with Crippen LogP contribution >= 0.6 is 0 Å². The van der Waals surface area contributed by atoms with E-state index < -0.39 is 24.8 Å². The van der Waals surface area contributed by atoms with Gasteiger partial charge in [-0.3, -0.25) is 9.59 Å². The molecule has 32 heavy (non-hydrogen) atoms. The van der Waals surface area contributed by atoms with Crippen molar-refractivity contribution in [2.75, 3.05) is 19.6 Å². The van der Waals surface area contributed by atoms with Gasteiger partial charge >= 0.3 is 13.1 Å². The van der Waals surface area contributed by atoms with Crippen molar-refractivity contribution in [3.05, 3.63) is 35.2 Å². The van der Waals surface area contributed by atoms with Crippen LogP contribution in [0.15, 0.2) is 18.2 Å². The molecule has 2 aliphatic rings. The number of amides is 1. The lowest BCUT2D eigenvalue weighted by molar-refractivity contribution is -0.122. The number of para-hydroxylation sites is 1. The van der Waals surface area contributed by atoms with Gasteiger partial charge in [-0.15, -0.1) is 10.2 Å². The summed E-state index contributed by atoms with van der Waals surface area (Å²) in [6.45, 7) is 1.21. The topological polar surface area (TPSA) is 181 Å². The largest absolute Gasteiger partial charge is 0.541 e. The average Bonchev–Trinajstić information content (AvgIpc) is 3.43. The molecule has 13 nitrogen and oxygen atoms in total. The molecule has 2 aliphatic heterocycles. The minimum atomic E-state index is -1.34. The Morgan fingerprint density at radius 2 is 2.19 bits per heavy atom. The average molecular weight is 443 g/mol. The van der Waals surface area contributed by atoms with Crippen molar-refractivity contribution in [1.82, 2.24) is 36.2 Å². The van der Waals surface area contributed by atoms with E-state index in [9.17, 15) is 24.5 Å². The molecule has 2 atom stereocenters. The third-order valence-corrected chi connectivity index (χ3v) is 5.29. The van der Waals surface area contributed by atoms with Gasteiger partial charge in [-0.25, -0.2) is 4.79 Å². The number of carboxylic acids is 1. The lowest BCUT2D eigenvalue weighted by Crippen LogP contribution is -2.52. The number of nitrogens with one attached hydrogen (secondary N) is 3. The number of Topliss-reactive ketones (excluding diaryl/α,β-unsaturated/α-hetero) is 1. The van der Waals surface area contributed by atoms with Crippen molar-refractivity contribution in [3.8, 4) is 5.75 Å². The quantitative estimate of drug-likeness (QED) is 0.218. The van der Waals surface area contributed by atoms with Gasteiger partial charge in [-0.05, 0) is 36.2 Å². The van der Waals surface area contributed by atoms with Crippen molar-refractivity contribution < 1.29 is 29.2 Å². The molecule has 1 aromatic carbocycles. The number of hydrogen-bond donors (Lipinski definition) is 5. The number of aromatic carboxylic acids is 1. The van der Waals surface area contributed by atoms with E-state index in [-0.39, 0.29) is 48.6 Å². The highest BCUT2D eigenvalue weighted by molar-refractivity contribution is 6.46. The van der Waals surface area contributed by atoms with Crippen LogP contribution in [0.1, 0.15) is 33.0 Å². The molecule has 1 amide bonds. The predicted molar refractivity (Wildman–Crippen MR) is 109 cm³/mol. The molecule has 0 bridgehead atoms. The highest BCUT2D eigenvalue weighted by Gasteiger charge is 2.37. The lowest BCUT2D eigenvalue weighted by atomic mass is 9.72. The van der Waals surface area contributed by atoms with E-state index in [0.29, 0.717) is 12.1 Å². The Bertz CT molecular complexity index is 1020. The Morgan fingerprint density at radius 3 is 2.94 bits per heavy atom. The minimum absolute atomic E-state index is 0.0369. The number of carbonyl (C=O) groups excluding carboxylic acids is 2. The normalized spacial score (nSPS) is 19.8. The summed E-state index contributed by atoms with van der Waals surface area (Å²) in [6.07, 6.45) is 1.12. The van der Waals surface area contributed by atoms with Crippen LogP contribution in [0.4, 0.5) is 0 Å². The van der Waals surface area contributed by atoms with Crippen molar-refractivity contribution in [1.29, 1.82) is 0 Å². The fourth-order valence-corrected chi connectivity index (χ4v) is 3.67. The highest BCUT2D eigenvalue weighted by atomic mass is 16.5. The second-order valence-electron chi connectivity index (χ2n) is 7.62. The summed E-state index contributed by atoms with van der Waals surface area (Å²) in [5.41, 5.74) is 0.567. The predicted octanol–water partition coefficient (Wildman–Crippen LogP) is -2.35. The monoisotopic (exact) mass is 443 g/mol. The number of nitrogens with zero attached hydrogens (tertiary/aromatic N) is 4. The van der Waals surface area contributed by atoms with Gasteiger partial charge in [0.25, 0.3) is 0 Å². The van der Waals surface area contributed by atoms with E-state index >= 15 is 0 Å². The molecule has 2 aromatic rings. The summed E-state index contributed by atoms with van der Waals surface area (Å²) in [5, 5.41) is 39.7. The number of benzene rings is 1. The maximum atomic E-state index is 12.4. The number of carbonyl (C=O) groups is 3. The standard InChI is InChI=1S/C18H22BN7O6/c27-13(17-23-25-26(24-17)9-15(28)22-11-4-5-20-7-11)8-21-14-6-10-2-1-3-12(18(29)30)16(10)32-19(14)31/h1-3,11,14,20-21,31H,4-9H2,(H,22,28)(H,29,30)/t11-,14-/m0/s1. The molecule has 1 saturated heterocycles. The summed E-state index contributed by atoms with van der Waals surface area (Å²) in [5.74, 6) is -2.58. The second kappa shape index (κ2) is 9.42. The molecule has 5 N–H and O–H groups in total. The molecule has 0 spiro atoms. The zero-order valence-electron chi connectivity index (χ0n) is 17.0. The Kier molecular flexibility index (Phi) is 6.44. The SMILES string of the molecule is O=C(Cn1nnc(C(=O)CN[C@H]2Cc3cccc(C(=O)O)c3OB2O)n1)N[C@H]1CCNC1. The van der Waals surface area contributed by atoms with E-state index in [2.05, 4.69) is 31.4 Å². The Morgan fingerprint density at radius 1 is 1.34 bits per heavy atom. The van der Waals surface area contributed by atoms with Gasteiger partial charge in [0.05, 0.1) is 18.0 Å². The smallest absolute Gasteiger partial charge is 0.534 e. The van der Waals surface area contributed by atoms with Crippen molar-refractivity contribution in [3.63, 3.8) is 0 Å². The molecule has 168 valence electrons. The lowest BCUT2D eigenvalue weighted by Gasteiger charge is -2.28. The second-order valence-corrected chi connectivity index (χ2v) is 7.62. The Labute approximate surface area is 182 Å². The number of ketones is 1. The number of tetrazole rings is 1. The molecule has 0 unspecified atom stereocenters. The van der Waals surface area contributed by atoms with Gasteiger partial charge in [0.2, 0.25) is 17.5 Å². The Balaban J connectivity index is 1.31. The summed E-state index contributed by atoms with van der Waals surface area (Å²) >= 11 is 0. The van der Waals surface area contributed by atoms with E-state index in [1.165, 1.54) is 6.07 Å². The molecule has 14 heteroatoms. The highest BCUT2D eigenvalue weighted by Crippen LogP contribution is 2.30. The number of hydrogen-bond acceptors (Lipinski definition) is 10. The van der Waals surface area contributed by atoms with Crippen LogP contribution in [0.2, 0.25) is 0 Å². The third-order valence-electron chi connectivity index (χ3n) is 5.29. The first-order valence-electron chi connectivity index (χ1n) is 10.1. The van der Waals surface area contributed by atoms with Gasteiger partial charge in [0.15, 0.2) is 0 Å². The van der Waals surface area contributed by atoms with Crippen LogP contribution in [-0.2, 0) is 17.8 Å². The number of aromatic nitrogens is 4. The molecule has 4 rings (SSSR count). The van der Waals surface area contributed by atoms with E-state index in [0.717, 1.165) is 17.8 Å². The van der Waals surface area contributed by atoms with Gasteiger partial charge in [-0.1, -0.05) is 12.1 Å². The van der Waals surface area contributed by atoms with Crippen LogP contribution in [0.25, 0.3) is 0 Å². The maximum Gasteiger partial charge on any atom is 0.541 e. The maximum absolute atomic E-state index is 12.4. The van der Waals surface area contributed by atoms with Crippen LogP contribution in [-0.4, -0.2) is 86.7 Å². The zero-order valence-corrected chi connectivity index (χ0v) is 17.0. The summed E-state index contributed by atoms with van der Waals surface area (Å²) in [6, 6.07) is 4.75. The zero-order chi connectivity index (χ0) is 22.7. The van der Waals surface area contributed by atoms with Crippen LogP contribution in [0, 0.1) is 0 Å². The van der Waals surface area contributed by atoms with Crippen molar-refractivity contribution >= 4 is 24.8 Å². The summed E-state index contributed by atoms with van der Waals surface area (Å²) in [4.78, 5) is 36.8. The molecule has 0 radical (unpaired) electrons. The number of carboxylic acid groups (broad SMARTS) is 1. The molecule has 1 aromatic heterocycles. The van der Waals surface area contributed by atoms with Crippen molar-refractivity contribution in [2.24, 2.45) is 0 Å². The molecule has 1 fully saturated rings. The van der Waals surface area contributed by atoms with Crippen LogP contribution < -0.4 is 20.6 Å².